The van der Waals surface area contributed by atoms with E-state index in [0.29, 0.717) is 12.4 Å². The lowest BCUT2D eigenvalue weighted by molar-refractivity contribution is 0.0758. The van der Waals surface area contributed by atoms with Gasteiger partial charge in [0, 0.05) is 50.2 Å². The van der Waals surface area contributed by atoms with Gasteiger partial charge in [-0.25, -0.2) is 9.97 Å². The molecule has 1 amide bonds. The maximum Gasteiger partial charge on any atom is 0.270 e. The number of carbonyl (C=O) groups excluding carboxylic acids is 1. The molecule has 0 unspecified atom stereocenters. The van der Waals surface area contributed by atoms with Gasteiger partial charge in [0.25, 0.3) is 5.91 Å². The Morgan fingerprint density at radius 2 is 1.93 bits per heavy atom. The van der Waals surface area contributed by atoms with Gasteiger partial charge in [0.1, 0.15) is 23.7 Å². The summed E-state index contributed by atoms with van der Waals surface area (Å²) in [5.74, 6) is 1.36. The zero-order chi connectivity index (χ0) is 19.0. The molecule has 0 aliphatic carbocycles. The third-order valence-electron chi connectivity index (χ3n) is 5.20. The molecule has 7 heteroatoms. The molecular formula is C20H24N6O. The van der Waals surface area contributed by atoms with Gasteiger partial charge in [-0.3, -0.25) is 4.79 Å². The highest BCUT2D eigenvalue weighted by atomic mass is 16.2. The minimum Gasteiger partial charge on any atom is -0.384 e. The fourth-order valence-corrected chi connectivity index (χ4v) is 3.72. The Kier molecular flexibility index (Phi) is 4.43. The lowest BCUT2D eigenvalue weighted by atomic mass is 10.2. The number of nitrogens with two attached hydrogens (primary N) is 1. The first-order chi connectivity index (χ1) is 13.0. The molecule has 3 aromatic rings. The van der Waals surface area contributed by atoms with Crippen molar-refractivity contribution >= 4 is 28.4 Å². The van der Waals surface area contributed by atoms with Crippen molar-refractivity contribution in [1.82, 2.24) is 19.4 Å². The highest BCUT2D eigenvalue weighted by Crippen LogP contribution is 2.22. The number of fused-ring (bicyclic) bond motifs is 1. The third-order valence-corrected chi connectivity index (χ3v) is 5.20. The predicted octanol–water partition coefficient (Wildman–Crippen LogP) is 2.21. The lowest BCUT2D eigenvalue weighted by Crippen LogP contribution is -2.36. The van der Waals surface area contributed by atoms with Gasteiger partial charge in [0.15, 0.2) is 0 Å². The molecule has 1 aromatic carbocycles. The minimum atomic E-state index is 0.0791. The highest BCUT2D eigenvalue weighted by Gasteiger charge is 2.23. The van der Waals surface area contributed by atoms with Crippen LogP contribution in [0.15, 0.2) is 36.7 Å². The summed E-state index contributed by atoms with van der Waals surface area (Å²) in [7, 11) is 1.96. The van der Waals surface area contributed by atoms with Gasteiger partial charge in [-0.1, -0.05) is 11.6 Å². The standard InChI is InChI=1S/C20H24N6O/c1-14-4-5-16-15(10-14)11-17(24(16)2)20(27)26-7-3-6-25(8-9-26)19-12-18(21)22-13-23-19/h4-5,10-13H,3,6-9H2,1-2H3,(H2,21,22,23). The quantitative estimate of drug-likeness (QED) is 0.754. The second kappa shape index (κ2) is 6.90. The smallest absolute Gasteiger partial charge is 0.270 e. The molecule has 2 N–H and O–H groups in total. The van der Waals surface area contributed by atoms with E-state index in [4.69, 9.17) is 5.73 Å². The average Bonchev–Trinajstić information content (AvgIpc) is 2.83. The number of carbonyl (C=O) groups is 1. The molecule has 3 heterocycles. The lowest BCUT2D eigenvalue weighted by Gasteiger charge is -2.23. The number of aryl methyl sites for hydroxylation is 2. The zero-order valence-electron chi connectivity index (χ0n) is 15.7. The normalized spacial score (nSPS) is 15.2. The van der Waals surface area contributed by atoms with Crippen LogP contribution in [0.3, 0.4) is 0 Å². The summed E-state index contributed by atoms with van der Waals surface area (Å²) >= 11 is 0. The molecule has 2 aromatic heterocycles. The molecule has 4 rings (SSSR count). The van der Waals surface area contributed by atoms with E-state index in [-0.39, 0.29) is 5.91 Å². The van der Waals surface area contributed by atoms with Crippen LogP contribution >= 0.6 is 0 Å². The van der Waals surface area contributed by atoms with Gasteiger partial charge in [-0.05, 0) is 31.5 Å². The number of benzene rings is 1. The summed E-state index contributed by atoms with van der Waals surface area (Å²) in [5.41, 5.74) is 8.78. The summed E-state index contributed by atoms with van der Waals surface area (Å²) in [6.45, 7) is 5.02. The second-order valence-electron chi connectivity index (χ2n) is 7.08. The Balaban J connectivity index is 1.54. The first-order valence-electron chi connectivity index (χ1n) is 9.21. The number of rotatable bonds is 2. The largest absolute Gasteiger partial charge is 0.384 e. The molecule has 1 aliphatic heterocycles. The van der Waals surface area contributed by atoms with Gasteiger partial charge >= 0.3 is 0 Å². The van der Waals surface area contributed by atoms with E-state index in [9.17, 15) is 4.79 Å². The molecule has 0 spiro atoms. The molecule has 0 saturated carbocycles. The van der Waals surface area contributed by atoms with E-state index in [1.54, 1.807) is 6.07 Å². The first-order valence-corrected chi connectivity index (χ1v) is 9.21. The summed E-state index contributed by atoms with van der Waals surface area (Å²) < 4.78 is 1.99. The monoisotopic (exact) mass is 364 g/mol. The van der Waals surface area contributed by atoms with Gasteiger partial charge in [0.05, 0.1) is 0 Å². The summed E-state index contributed by atoms with van der Waals surface area (Å²) in [5, 5.41) is 1.11. The molecule has 1 fully saturated rings. The van der Waals surface area contributed by atoms with Crippen LogP contribution in [-0.2, 0) is 7.05 Å². The van der Waals surface area contributed by atoms with Crippen molar-refractivity contribution in [2.45, 2.75) is 13.3 Å². The van der Waals surface area contributed by atoms with Crippen molar-refractivity contribution in [3.8, 4) is 0 Å². The molecule has 0 bridgehead atoms. The summed E-state index contributed by atoms with van der Waals surface area (Å²) in [4.78, 5) is 25.5. The van der Waals surface area contributed by atoms with Gasteiger partial charge in [0.2, 0.25) is 0 Å². The van der Waals surface area contributed by atoms with Crippen LogP contribution in [0.1, 0.15) is 22.5 Å². The van der Waals surface area contributed by atoms with Crippen molar-refractivity contribution in [3.63, 3.8) is 0 Å². The topological polar surface area (TPSA) is 80.3 Å². The SMILES string of the molecule is Cc1ccc2c(c1)cc(C(=O)N1CCCN(c3cc(N)ncn3)CC1)n2C. The predicted molar refractivity (Wildman–Crippen MR) is 107 cm³/mol. The second-order valence-corrected chi connectivity index (χ2v) is 7.08. The maximum atomic E-state index is 13.2. The maximum absolute atomic E-state index is 13.2. The Bertz CT molecular complexity index is 995. The van der Waals surface area contributed by atoms with Crippen LogP contribution in [0.4, 0.5) is 11.6 Å². The van der Waals surface area contributed by atoms with Crippen LogP contribution in [0.2, 0.25) is 0 Å². The van der Waals surface area contributed by atoms with Crippen molar-refractivity contribution in [3.05, 3.63) is 47.9 Å². The number of aromatic nitrogens is 3. The Labute approximate surface area is 158 Å². The fourth-order valence-electron chi connectivity index (χ4n) is 3.72. The van der Waals surface area contributed by atoms with Crippen molar-refractivity contribution in [2.24, 2.45) is 7.05 Å². The fraction of sp³-hybridized carbons (Fsp3) is 0.350. The minimum absolute atomic E-state index is 0.0791. The molecule has 1 saturated heterocycles. The number of hydrogen-bond donors (Lipinski definition) is 1. The molecule has 0 radical (unpaired) electrons. The number of amides is 1. The average molecular weight is 364 g/mol. The van der Waals surface area contributed by atoms with E-state index >= 15 is 0 Å². The first kappa shape index (κ1) is 17.3. The molecule has 7 nitrogen and oxygen atoms in total. The zero-order valence-corrected chi connectivity index (χ0v) is 15.7. The van der Waals surface area contributed by atoms with Crippen LogP contribution in [0.5, 0.6) is 0 Å². The molecular weight excluding hydrogens is 340 g/mol. The van der Waals surface area contributed by atoms with Crippen molar-refractivity contribution in [2.75, 3.05) is 36.8 Å². The van der Waals surface area contributed by atoms with Crippen molar-refractivity contribution < 1.29 is 4.79 Å². The Morgan fingerprint density at radius 1 is 1.07 bits per heavy atom. The van der Waals surface area contributed by atoms with E-state index in [1.165, 1.54) is 11.9 Å². The van der Waals surface area contributed by atoms with Gasteiger partial charge in [-0.2, -0.15) is 0 Å². The Hall–Kier alpha value is -3.09. The molecule has 1 aliphatic rings. The van der Waals surface area contributed by atoms with Crippen LogP contribution in [0, 0.1) is 6.92 Å². The number of nitrogens with zero attached hydrogens (tertiary/aromatic N) is 5. The number of hydrogen-bond acceptors (Lipinski definition) is 5. The summed E-state index contributed by atoms with van der Waals surface area (Å²) in [6.07, 6.45) is 2.37. The van der Waals surface area contributed by atoms with E-state index in [1.807, 2.05) is 22.6 Å². The van der Waals surface area contributed by atoms with Crippen LogP contribution in [0.25, 0.3) is 10.9 Å². The van der Waals surface area contributed by atoms with Crippen LogP contribution < -0.4 is 10.6 Å². The van der Waals surface area contributed by atoms with E-state index in [2.05, 4.69) is 40.0 Å². The highest BCUT2D eigenvalue weighted by molar-refractivity contribution is 5.99. The van der Waals surface area contributed by atoms with Crippen LogP contribution in [-0.4, -0.2) is 51.5 Å². The number of anilines is 2. The Morgan fingerprint density at radius 3 is 2.74 bits per heavy atom. The van der Waals surface area contributed by atoms with E-state index in [0.717, 1.165) is 48.5 Å². The number of nitrogen functional groups attached to an aromatic ring is 1. The van der Waals surface area contributed by atoms with Crippen molar-refractivity contribution in [1.29, 1.82) is 0 Å². The molecule has 0 atom stereocenters. The molecule has 27 heavy (non-hydrogen) atoms. The summed E-state index contributed by atoms with van der Waals surface area (Å²) in [6, 6.07) is 10.1. The van der Waals surface area contributed by atoms with Gasteiger partial charge in [-0.15, -0.1) is 0 Å². The van der Waals surface area contributed by atoms with Gasteiger partial charge < -0.3 is 20.1 Å². The third kappa shape index (κ3) is 3.32. The molecule has 140 valence electrons. The van der Waals surface area contributed by atoms with E-state index < -0.39 is 0 Å².